The van der Waals surface area contributed by atoms with Crippen molar-refractivity contribution in [3.05, 3.63) is 23.5 Å². The monoisotopic (exact) mass is 239 g/mol. The average Bonchev–Trinajstić information content (AvgIpc) is 3.04. The van der Waals surface area contributed by atoms with Crippen LogP contribution in [0.15, 0.2) is 18.5 Å². The van der Waals surface area contributed by atoms with Gasteiger partial charge in [0, 0.05) is 6.20 Å². The van der Waals surface area contributed by atoms with Crippen molar-refractivity contribution >= 4 is 23.2 Å². The largest absolute Gasteiger partial charge is 0.322 e. The van der Waals surface area contributed by atoms with Gasteiger partial charge in [0.25, 0.3) is 0 Å². The molecule has 3 N–H and O–H groups in total. The molecule has 1 atom stereocenters. The van der Waals surface area contributed by atoms with Gasteiger partial charge in [0.1, 0.15) is 0 Å². The van der Waals surface area contributed by atoms with Gasteiger partial charge in [-0.1, -0.05) is 11.6 Å². The van der Waals surface area contributed by atoms with Crippen LogP contribution in [0.3, 0.4) is 0 Å². The van der Waals surface area contributed by atoms with E-state index in [1.165, 1.54) is 6.20 Å². The van der Waals surface area contributed by atoms with Crippen LogP contribution in [0, 0.1) is 5.92 Å². The summed E-state index contributed by atoms with van der Waals surface area (Å²) in [6.45, 7) is 1.75. The number of nitrogens with one attached hydrogen (secondary N) is 1. The Bertz CT molecular complexity index is 415. The van der Waals surface area contributed by atoms with Gasteiger partial charge < -0.3 is 11.1 Å². The third-order valence-electron chi connectivity index (χ3n) is 2.93. The first-order valence-electron chi connectivity index (χ1n) is 5.21. The summed E-state index contributed by atoms with van der Waals surface area (Å²) in [6, 6.07) is 1.63. The van der Waals surface area contributed by atoms with Crippen molar-refractivity contribution in [1.29, 1.82) is 0 Å². The van der Waals surface area contributed by atoms with Crippen LogP contribution >= 0.6 is 11.6 Å². The van der Waals surface area contributed by atoms with Gasteiger partial charge in [0.2, 0.25) is 5.91 Å². The second kappa shape index (κ2) is 4.03. The molecule has 0 aliphatic heterocycles. The van der Waals surface area contributed by atoms with E-state index in [-0.39, 0.29) is 11.8 Å². The standard InChI is InChI=1S/C11H14ClN3O/c1-11(13,7-2-3-7)10(16)15-9-6-14-5-4-8(9)12/h4-7H,2-3,13H2,1H3,(H,15,16). The quantitative estimate of drug-likeness (QED) is 0.845. The number of nitrogens with two attached hydrogens (primary N) is 1. The molecule has 2 rings (SSSR count). The molecule has 86 valence electrons. The second-order valence-corrected chi connectivity index (χ2v) is 4.77. The van der Waals surface area contributed by atoms with Crippen molar-refractivity contribution in [3.63, 3.8) is 0 Å². The lowest BCUT2D eigenvalue weighted by molar-refractivity contribution is -0.121. The molecule has 5 heteroatoms. The fourth-order valence-corrected chi connectivity index (χ4v) is 1.75. The molecule has 1 aromatic rings. The number of halogens is 1. The third-order valence-corrected chi connectivity index (χ3v) is 3.26. The topological polar surface area (TPSA) is 68.0 Å². The fraction of sp³-hybridized carbons (Fsp3) is 0.455. The second-order valence-electron chi connectivity index (χ2n) is 4.37. The molecular formula is C11H14ClN3O. The summed E-state index contributed by atoms with van der Waals surface area (Å²) < 4.78 is 0. The summed E-state index contributed by atoms with van der Waals surface area (Å²) in [6.07, 6.45) is 5.12. The highest BCUT2D eigenvalue weighted by Crippen LogP contribution is 2.38. The summed E-state index contributed by atoms with van der Waals surface area (Å²) in [5, 5.41) is 3.18. The molecule has 1 fully saturated rings. The van der Waals surface area contributed by atoms with Gasteiger partial charge in [-0.05, 0) is 31.7 Å². The zero-order valence-corrected chi connectivity index (χ0v) is 9.79. The molecule has 1 saturated carbocycles. The van der Waals surface area contributed by atoms with Crippen LogP contribution < -0.4 is 11.1 Å². The number of anilines is 1. The Balaban J connectivity index is 2.10. The molecule has 1 aromatic heterocycles. The Morgan fingerprint density at radius 2 is 2.38 bits per heavy atom. The minimum absolute atomic E-state index is 0.204. The highest BCUT2D eigenvalue weighted by molar-refractivity contribution is 6.33. The first kappa shape index (κ1) is 11.4. The highest BCUT2D eigenvalue weighted by atomic mass is 35.5. The van der Waals surface area contributed by atoms with E-state index >= 15 is 0 Å². The Morgan fingerprint density at radius 1 is 1.69 bits per heavy atom. The maximum Gasteiger partial charge on any atom is 0.244 e. The Labute approximate surface area is 99.2 Å². The molecular weight excluding hydrogens is 226 g/mol. The molecule has 1 aliphatic carbocycles. The van der Waals surface area contributed by atoms with Crippen molar-refractivity contribution in [1.82, 2.24) is 4.98 Å². The van der Waals surface area contributed by atoms with Gasteiger partial charge in [0.15, 0.2) is 0 Å². The lowest BCUT2D eigenvalue weighted by Crippen LogP contribution is -2.50. The number of nitrogens with zero attached hydrogens (tertiary/aromatic N) is 1. The summed E-state index contributed by atoms with van der Waals surface area (Å²) >= 11 is 5.92. The van der Waals surface area contributed by atoms with Crippen molar-refractivity contribution in [2.45, 2.75) is 25.3 Å². The molecule has 4 nitrogen and oxygen atoms in total. The van der Waals surface area contributed by atoms with Crippen LogP contribution in [0.1, 0.15) is 19.8 Å². The highest BCUT2D eigenvalue weighted by Gasteiger charge is 2.44. The first-order chi connectivity index (χ1) is 7.51. The Morgan fingerprint density at radius 3 is 2.94 bits per heavy atom. The van der Waals surface area contributed by atoms with Crippen LogP contribution in [-0.4, -0.2) is 16.4 Å². The lowest BCUT2D eigenvalue weighted by Gasteiger charge is -2.23. The van der Waals surface area contributed by atoms with E-state index in [1.807, 2.05) is 0 Å². The average molecular weight is 240 g/mol. The summed E-state index contributed by atoms with van der Waals surface area (Å²) in [7, 11) is 0. The number of carbonyl (C=O) groups is 1. The molecule has 0 aromatic carbocycles. The van der Waals surface area contributed by atoms with E-state index in [1.54, 1.807) is 19.2 Å². The molecule has 0 saturated heterocycles. The van der Waals surface area contributed by atoms with Gasteiger partial charge in [-0.2, -0.15) is 0 Å². The van der Waals surface area contributed by atoms with Gasteiger partial charge in [-0.25, -0.2) is 0 Å². The maximum absolute atomic E-state index is 11.9. The van der Waals surface area contributed by atoms with Crippen molar-refractivity contribution in [2.75, 3.05) is 5.32 Å². The first-order valence-corrected chi connectivity index (χ1v) is 5.59. The number of hydrogen-bond donors (Lipinski definition) is 2. The molecule has 1 heterocycles. The van der Waals surface area contributed by atoms with Crippen LogP contribution in [0.5, 0.6) is 0 Å². The zero-order chi connectivity index (χ0) is 11.8. The summed E-state index contributed by atoms with van der Waals surface area (Å²) in [5.41, 5.74) is 5.67. The van der Waals surface area contributed by atoms with Crippen LogP contribution in [0.25, 0.3) is 0 Å². The van der Waals surface area contributed by atoms with Gasteiger partial charge in [-0.3, -0.25) is 9.78 Å². The summed E-state index contributed by atoms with van der Waals surface area (Å²) in [4.78, 5) is 15.8. The van der Waals surface area contributed by atoms with E-state index in [2.05, 4.69) is 10.3 Å². The summed E-state index contributed by atoms with van der Waals surface area (Å²) in [5.74, 6) is 0.0767. The lowest BCUT2D eigenvalue weighted by atomic mass is 9.96. The predicted molar refractivity (Wildman–Crippen MR) is 63.2 cm³/mol. The van der Waals surface area contributed by atoms with Gasteiger partial charge in [0.05, 0.1) is 22.4 Å². The van der Waals surface area contributed by atoms with E-state index in [9.17, 15) is 4.79 Å². The minimum atomic E-state index is -0.820. The van der Waals surface area contributed by atoms with E-state index in [0.717, 1.165) is 12.8 Å². The van der Waals surface area contributed by atoms with Gasteiger partial charge >= 0.3 is 0 Å². The molecule has 0 radical (unpaired) electrons. The van der Waals surface area contributed by atoms with Crippen LogP contribution in [0.2, 0.25) is 5.02 Å². The molecule has 0 spiro atoms. The molecule has 1 aliphatic rings. The number of pyridine rings is 1. The maximum atomic E-state index is 11.9. The smallest absolute Gasteiger partial charge is 0.244 e. The van der Waals surface area contributed by atoms with Crippen molar-refractivity contribution in [3.8, 4) is 0 Å². The fourth-order valence-electron chi connectivity index (χ4n) is 1.59. The third kappa shape index (κ3) is 2.18. The molecule has 0 bridgehead atoms. The normalized spacial score (nSPS) is 18.9. The van der Waals surface area contributed by atoms with Crippen molar-refractivity contribution in [2.24, 2.45) is 11.7 Å². The SMILES string of the molecule is CC(N)(C(=O)Nc1cnccc1Cl)C1CC1. The molecule has 1 unspecified atom stereocenters. The number of aromatic nitrogens is 1. The Hall–Kier alpha value is -1.13. The zero-order valence-electron chi connectivity index (χ0n) is 9.03. The number of amides is 1. The van der Waals surface area contributed by atoms with E-state index < -0.39 is 5.54 Å². The van der Waals surface area contributed by atoms with Gasteiger partial charge in [-0.15, -0.1) is 0 Å². The van der Waals surface area contributed by atoms with Crippen molar-refractivity contribution < 1.29 is 4.79 Å². The predicted octanol–water partition coefficient (Wildman–Crippen LogP) is 1.80. The Kier molecular flexibility index (Phi) is 2.86. The van der Waals surface area contributed by atoms with Crippen LogP contribution in [-0.2, 0) is 4.79 Å². The number of carbonyl (C=O) groups excluding carboxylic acids is 1. The van der Waals surface area contributed by atoms with E-state index in [0.29, 0.717) is 10.7 Å². The van der Waals surface area contributed by atoms with E-state index in [4.69, 9.17) is 17.3 Å². The molecule has 1 amide bonds. The minimum Gasteiger partial charge on any atom is -0.322 e. The van der Waals surface area contributed by atoms with Crippen LogP contribution in [0.4, 0.5) is 5.69 Å². The molecule has 16 heavy (non-hydrogen) atoms. The number of rotatable bonds is 3. The number of hydrogen-bond acceptors (Lipinski definition) is 3.